The Balaban J connectivity index is 2.05. The fourth-order valence-corrected chi connectivity index (χ4v) is 3.71. The molecule has 0 spiro atoms. The molecule has 0 amide bonds. The molecular formula is C13H22N2S2. The molecule has 2 nitrogen and oxygen atoms in total. The Kier molecular flexibility index (Phi) is 4.16. The number of hydrogen-bond donors (Lipinski definition) is 1. The van der Waals surface area contributed by atoms with E-state index in [1.807, 2.05) is 30.1 Å². The second-order valence-corrected chi connectivity index (χ2v) is 8.59. The minimum atomic E-state index is 0.328. The normalized spacial score (nSPS) is 16.5. The number of thioether (sulfide) groups is 1. The molecule has 0 bridgehead atoms. The number of rotatable bonds is 5. The Bertz CT molecular complexity index is 375. The van der Waals surface area contributed by atoms with Crippen LogP contribution in [0.25, 0.3) is 0 Å². The van der Waals surface area contributed by atoms with Crippen molar-refractivity contribution in [3.8, 4) is 0 Å². The molecule has 1 aromatic heterocycles. The van der Waals surface area contributed by atoms with Crippen LogP contribution in [-0.4, -0.2) is 16.8 Å². The lowest BCUT2D eigenvalue weighted by Crippen LogP contribution is -2.07. The van der Waals surface area contributed by atoms with E-state index < -0.39 is 0 Å². The molecule has 1 aliphatic carbocycles. The number of thiazole rings is 1. The molecule has 1 aromatic rings. The summed E-state index contributed by atoms with van der Waals surface area (Å²) in [4.78, 5) is 6.31. The van der Waals surface area contributed by atoms with Gasteiger partial charge in [0.05, 0.1) is 5.69 Å². The molecule has 96 valence electrons. The van der Waals surface area contributed by atoms with Gasteiger partial charge >= 0.3 is 0 Å². The minimum Gasteiger partial charge on any atom is -0.315 e. The highest BCUT2D eigenvalue weighted by Crippen LogP contribution is 2.43. The molecule has 1 heterocycles. The van der Waals surface area contributed by atoms with E-state index in [0.717, 1.165) is 18.2 Å². The fourth-order valence-electron chi connectivity index (χ4n) is 1.72. The lowest BCUT2D eigenvalue weighted by molar-refractivity contribution is 0.801. The van der Waals surface area contributed by atoms with Crippen LogP contribution in [0, 0.1) is 0 Å². The van der Waals surface area contributed by atoms with Crippen LogP contribution in [0.1, 0.15) is 55.1 Å². The first-order valence-corrected chi connectivity index (χ1v) is 8.07. The van der Waals surface area contributed by atoms with Crippen LogP contribution in [0.5, 0.6) is 0 Å². The van der Waals surface area contributed by atoms with Crippen LogP contribution in [-0.2, 0) is 12.3 Å². The largest absolute Gasteiger partial charge is 0.315 e. The summed E-state index contributed by atoms with van der Waals surface area (Å²) in [5, 5.41) is 4.56. The van der Waals surface area contributed by atoms with Crippen molar-refractivity contribution in [2.24, 2.45) is 0 Å². The maximum atomic E-state index is 4.85. The highest BCUT2D eigenvalue weighted by Gasteiger charge is 2.29. The highest BCUT2D eigenvalue weighted by atomic mass is 32.2. The van der Waals surface area contributed by atoms with Crippen LogP contribution in [0.3, 0.4) is 0 Å². The van der Waals surface area contributed by atoms with Gasteiger partial charge in [-0.3, -0.25) is 0 Å². The van der Waals surface area contributed by atoms with Crippen molar-refractivity contribution in [2.45, 2.75) is 56.6 Å². The quantitative estimate of drug-likeness (QED) is 0.881. The zero-order valence-corrected chi connectivity index (χ0v) is 12.8. The molecule has 0 saturated heterocycles. The molecule has 0 aliphatic heterocycles. The lowest BCUT2D eigenvalue weighted by atomic mass is 10.2. The van der Waals surface area contributed by atoms with Crippen molar-refractivity contribution in [1.29, 1.82) is 0 Å². The molecule has 17 heavy (non-hydrogen) atoms. The van der Waals surface area contributed by atoms with Gasteiger partial charge in [-0.05, 0) is 19.9 Å². The van der Waals surface area contributed by atoms with Crippen molar-refractivity contribution in [1.82, 2.24) is 10.3 Å². The molecule has 2 rings (SSSR count). The van der Waals surface area contributed by atoms with Crippen LogP contribution in [0.4, 0.5) is 0 Å². The van der Waals surface area contributed by atoms with Crippen molar-refractivity contribution < 1.29 is 0 Å². The van der Waals surface area contributed by atoms with E-state index in [9.17, 15) is 0 Å². The Hall–Kier alpha value is -0.0600. The van der Waals surface area contributed by atoms with Crippen LogP contribution < -0.4 is 5.32 Å². The van der Waals surface area contributed by atoms with E-state index in [1.54, 1.807) is 0 Å². The average molecular weight is 270 g/mol. The van der Waals surface area contributed by atoms with Crippen LogP contribution in [0.2, 0.25) is 0 Å². The molecule has 1 fully saturated rings. The Labute approximate surface area is 113 Å². The summed E-state index contributed by atoms with van der Waals surface area (Å²) < 4.78 is 0.328. The Morgan fingerprint density at radius 1 is 1.41 bits per heavy atom. The predicted molar refractivity (Wildman–Crippen MR) is 77.9 cm³/mol. The van der Waals surface area contributed by atoms with E-state index in [1.165, 1.54) is 28.4 Å². The summed E-state index contributed by atoms with van der Waals surface area (Å²) >= 11 is 3.89. The molecule has 1 saturated carbocycles. The van der Waals surface area contributed by atoms with Crippen LogP contribution in [0.15, 0.2) is 0 Å². The van der Waals surface area contributed by atoms with Crippen molar-refractivity contribution in [3.63, 3.8) is 0 Å². The van der Waals surface area contributed by atoms with Gasteiger partial charge in [-0.2, -0.15) is 0 Å². The molecule has 0 atom stereocenters. The van der Waals surface area contributed by atoms with E-state index >= 15 is 0 Å². The van der Waals surface area contributed by atoms with E-state index in [0.29, 0.717) is 4.75 Å². The second-order valence-electron chi connectivity index (χ2n) is 5.62. The van der Waals surface area contributed by atoms with Gasteiger partial charge in [0.1, 0.15) is 5.01 Å². The van der Waals surface area contributed by atoms with Gasteiger partial charge in [-0.1, -0.05) is 20.8 Å². The number of nitrogens with one attached hydrogen (secondary N) is 1. The summed E-state index contributed by atoms with van der Waals surface area (Å²) in [5.74, 6) is 1.82. The summed E-state index contributed by atoms with van der Waals surface area (Å²) in [7, 11) is 2.01. The maximum Gasteiger partial charge on any atom is 0.103 e. The molecular weight excluding hydrogens is 248 g/mol. The first kappa shape index (κ1) is 13.4. The summed E-state index contributed by atoms with van der Waals surface area (Å²) in [5.41, 5.74) is 1.38. The monoisotopic (exact) mass is 270 g/mol. The number of aromatic nitrogens is 1. The Morgan fingerprint density at radius 3 is 2.65 bits per heavy atom. The van der Waals surface area contributed by atoms with Crippen LogP contribution >= 0.6 is 23.1 Å². The van der Waals surface area contributed by atoms with Gasteiger partial charge in [0.2, 0.25) is 0 Å². The van der Waals surface area contributed by atoms with Gasteiger partial charge in [-0.25, -0.2) is 4.98 Å². The third-order valence-corrected chi connectivity index (χ3v) is 5.24. The van der Waals surface area contributed by atoms with Gasteiger partial charge in [0, 0.05) is 27.8 Å². The molecule has 1 N–H and O–H groups in total. The van der Waals surface area contributed by atoms with Gasteiger partial charge < -0.3 is 5.32 Å². The predicted octanol–water partition coefficient (Wildman–Crippen LogP) is 3.77. The Morgan fingerprint density at radius 2 is 2.12 bits per heavy atom. The van der Waals surface area contributed by atoms with Crippen molar-refractivity contribution in [2.75, 3.05) is 7.05 Å². The van der Waals surface area contributed by atoms with Gasteiger partial charge in [0.15, 0.2) is 0 Å². The molecule has 0 radical (unpaired) electrons. The lowest BCUT2D eigenvalue weighted by Gasteiger charge is -2.16. The zero-order chi connectivity index (χ0) is 12.5. The maximum absolute atomic E-state index is 4.85. The van der Waals surface area contributed by atoms with Crippen molar-refractivity contribution >= 4 is 23.1 Å². The first-order chi connectivity index (χ1) is 7.99. The zero-order valence-electron chi connectivity index (χ0n) is 11.2. The standard InChI is InChI=1S/C13H22N2S2/c1-13(2,3)16-8-11-15-12(9-5-6-9)10(17-11)7-14-4/h9,14H,5-8H2,1-4H3. The first-order valence-electron chi connectivity index (χ1n) is 6.26. The van der Waals surface area contributed by atoms with Crippen molar-refractivity contribution in [3.05, 3.63) is 15.6 Å². The summed E-state index contributed by atoms with van der Waals surface area (Å²) in [6.45, 7) is 7.77. The number of nitrogens with zero attached hydrogens (tertiary/aromatic N) is 1. The third kappa shape index (κ3) is 3.97. The van der Waals surface area contributed by atoms with Gasteiger partial charge in [0.25, 0.3) is 0 Å². The number of hydrogen-bond acceptors (Lipinski definition) is 4. The van der Waals surface area contributed by atoms with Gasteiger partial charge in [-0.15, -0.1) is 23.1 Å². The van der Waals surface area contributed by atoms with E-state index in [-0.39, 0.29) is 0 Å². The third-order valence-electron chi connectivity index (χ3n) is 2.70. The fraction of sp³-hybridized carbons (Fsp3) is 0.769. The molecule has 4 heteroatoms. The SMILES string of the molecule is CNCc1sc(CSC(C)(C)C)nc1C1CC1. The topological polar surface area (TPSA) is 24.9 Å². The summed E-state index contributed by atoms with van der Waals surface area (Å²) in [6.07, 6.45) is 2.68. The minimum absolute atomic E-state index is 0.328. The van der Waals surface area contributed by atoms with E-state index in [2.05, 4.69) is 26.1 Å². The smallest absolute Gasteiger partial charge is 0.103 e. The second kappa shape index (κ2) is 5.29. The molecule has 1 aliphatic rings. The molecule has 0 unspecified atom stereocenters. The average Bonchev–Trinajstić information content (AvgIpc) is 2.98. The molecule has 0 aromatic carbocycles. The van der Waals surface area contributed by atoms with E-state index in [4.69, 9.17) is 4.98 Å². The summed E-state index contributed by atoms with van der Waals surface area (Å²) in [6, 6.07) is 0. The highest BCUT2D eigenvalue weighted by molar-refractivity contribution is 7.99.